The molecule has 0 radical (unpaired) electrons. The monoisotopic (exact) mass is 465 g/mol. The third kappa shape index (κ3) is 4.70. The van der Waals surface area contributed by atoms with E-state index in [9.17, 15) is 9.59 Å². The Morgan fingerprint density at radius 2 is 1.96 bits per heavy atom. The summed E-state index contributed by atoms with van der Waals surface area (Å²) in [5.74, 6) is 0.416. The number of amides is 1. The molecule has 1 aromatic rings. The van der Waals surface area contributed by atoms with E-state index in [1.807, 2.05) is 6.07 Å². The highest BCUT2D eigenvalue weighted by atomic mass is 127. The minimum absolute atomic E-state index is 0.0288. The lowest BCUT2D eigenvalue weighted by molar-refractivity contribution is -0.123. The zero-order valence-electron chi connectivity index (χ0n) is 14.3. The number of ether oxygens (including phenoxy) is 2. The highest BCUT2D eigenvalue weighted by molar-refractivity contribution is 14.1. The number of rotatable bonds is 6. The number of anilines is 1. The van der Waals surface area contributed by atoms with Crippen LogP contribution in [-0.4, -0.2) is 39.2 Å². The number of halogens is 1. The minimum Gasteiger partial charge on any atom is -0.465 e. The topological polar surface area (TPSA) is 55.8 Å². The Balaban J connectivity index is 2.28. The Kier molecular flexibility index (Phi) is 7.49. The maximum atomic E-state index is 13.1. The van der Waals surface area contributed by atoms with E-state index in [4.69, 9.17) is 9.47 Å². The number of esters is 1. The van der Waals surface area contributed by atoms with Crippen molar-refractivity contribution in [2.45, 2.75) is 32.6 Å². The summed E-state index contributed by atoms with van der Waals surface area (Å²) in [6.45, 7) is 3.11. The fraction of sp³-hybridized carbons (Fsp3) is 0.647. The molecular weight excluding hydrogens is 441 g/mol. The van der Waals surface area contributed by atoms with Gasteiger partial charge in [-0.2, -0.15) is 0 Å². The van der Waals surface area contributed by atoms with Crippen LogP contribution >= 0.6 is 33.9 Å². The van der Waals surface area contributed by atoms with Gasteiger partial charge in [0.15, 0.2) is 0 Å². The SMILES string of the molecule is COCCN(c1cc(I)sc1C(=O)OC)C(=O)[C@H]1CC[C@H](C)CC1. The standard InChI is InChI=1S/C17H24INO4S/c1-11-4-6-12(7-5-11)16(20)19(8-9-22-2)13-10-14(18)24-15(13)17(21)23-3/h10-12H,4-9H2,1-3H3/t11-,12-. The van der Waals surface area contributed by atoms with Gasteiger partial charge in [0.1, 0.15) is 4.88 Å². The van der Waals surface area contributed by atoms with E-state index in [1.54, 1.807) is 12.0 Å². The average Bonchev–Trinajstić information content (AvgIpc) is 2.96. The van der Waals surface area contributed by atoms with E-state index in [-0.39, 0.29) is 11.8 Å². The summed E-state index contributed by atoms with van der Waals surface area (Å²) in [5.41, 5.74) is 0.650. The summed E-state index contributed by atoms with van der Waals surface area (Å²) in [6, 6.07) is 1.89. The second-order valence-corrected chi connectivity index (χ2v) is 9.14. The molecule has 0 N–H and O–H groups in total. The number of carbonyl (C=O) groups is 2. The van der Waals surface area contributed by atoms with Crippen molar-refractivity contribution in [3.63, 3.8) is 0 Å². The van der Waals surface area contributed by atoms with Crippen molar-refractivity contribution < 1.29 is 19.1 Å². The normalized spacial score (nSPS) is 20.7. The molecule has 1 saturated carbocycles. The number of hydrogen-bond donors (Lipinski definition) is 0. The van der Waals surface area contributed by atoms with Gasteiger partial charge in [0.25, 0.3) is 0 Å². The molecule has 1 fully saturated rings. The highest BCUT2D eigenvalue weighted by Gasteiger charge is 2.31. The first-order chi connectivity index (χ1) is 11.5. The molecule has 134 valence electrons. The first-order valence-electron chi connectivity index (χ1n) is 8.15. The van der Waals surface area contributed by atoms with Gasteiger partial charge < -0.3 is 14.4 Å². The van der Waals surface area contributed by atoms with Gasteiger partial charge in [0.05, 0.1) is 22.3 Å². The molecule has 1 heterocycles. The van der Waals surface area contributed by atoms with Gasteiger partial charge in [-0.15, -0.1) is 11.3 Å². The van der Waals surface area contributed by atoms with Crippen molar-refractivity contribution in [2.75, 3.05) is 32.3 Å². The van der Waals surface area contributed by atoms with Gasteiger partial charge in [-0.25, -0.2) is 4.79 Å². The average molecular weight is 465 g/mol. The Hall–Kier alpha value is -0.670. The first kappa shape index (κ1) is 19.7. The molecule has 0 atom stereocenters. The van der Waals surface area contributed by atoms with Gasteiger partial charge in [0, 0.05) is 19.6 Å². The molecule has 1 aliphatic carbocycles. The largest absolute Gasteiger partial charge is 0.465 e. The summed E-state index contributed by atoms with van der Waals surface area (Å²) in [4.78, 5) is 27.4. The molecule has 2 rings (SSSR count). The molecule has 5 nitrogen and oxygen atoms in total. The van der Waals surface area contributed by atoms with Gasteiger partial charge >= 0.3 is 5.97 Å². The van der Waals surface area contributed by atoms with Crippen LogP contribution < -0.4 is 4.90 Å². The van der Waals surface area contributed by atoms with Crippen molar-refractivity contribution in [1.82, 2.24) is 0 Å². The van der Waals surface area contributed by atoms with Crippen LogP contribution in [0.3, 0.4) is 0 Å². The highest BCUT2D eigenvalue weighted by Crippen LogP contribution is 2.35. The van der Waals surface area contributed by atoms with E-state index in [0.717, 1.165) is 28.6 Å². The van der Waals surface area contributed by atoms with Gasteiger partial charge in [-0.05, 0) is 60.3 Å². The zero-order valence-corrected chi connectivity index (χ0v) is 17.3. The first-order valence-corrected chi connectivity index (χ1v) is 10.0. The molecule has 0 aliphatic heterocycles. The molecule has 0 aromatic carbocycles. The van der Waals surface area contributed by atoms with Crippen LogP contribution in [0.5, 0.6) is 0 Å². The summed E-state index contributed by atoms with van der Waals surface area (Å²) in [5, 5.41) is 0. The summed E-state index contributed by atoms with van der Waals surface area (Å²) in [7, 11) is 2.98. The molecule has 0 spiro atoms. The molecule has 0 unspecified atom stereocenters. The van der Waals surface area contributed by atoms with Gasteiger partial charge in [0.2, 0.25) is 5.91 Å². The minimum atomic E-state index is -0.398. The second-order valence-electron chi connectivity index (χ2n) is 6.20. The maximum Gasteiger partial charge on any atom is 0.350 e. The Bertz CT molecular complexity index is 581. The van der Waals surface area contributed by atoms with Crippen LogP contribution in [0.4, 0.5) is 5.69 Å². The van der Waals surface area contributed by atoms with E-state index in [2.05, 4.69) is 29.5 Å². The predicted molar refractivity (Wildman–Crippen MR) is 104 cm³/mol. The van der Waals surface area contributed by atoms with Crippen molar-refractivity contribution in [1.29, 1.82) is 0 Å². The molecule has 1 aliphatic rings. The van der Waals surface area contributed by atoms with Gasteiger partial charge in [-0.3, -0.25) is 4.79 Å². The number of carbonyl (C=O) groups excluding carboxylic acids is 2. The quantitative estimate of drug-likeness (QED) is 0.472. The van der Waals surface area contributed by atoms with Crippen LogP contribution in [0.25, 0.3) is 0 Å². The molecule has 1 amide bonds. The Morgan fingerprint density at radius 1 is 1.29 bits per heavy atom. The van der Waals surface area contributed by atoms with E-state index < -0.39 is 5.97 Å². The summed E-state index contributed by atoms with van der Waals surface area (Å²) < 4.78 is 11.0. The molecule has 1 aromatic heterocycles. The van der Waals surface area contributed by atoms with Crippen LogP contribution in [0.2, 0.25) is 0 Å². The number of nitrogens with zero attached hydrogens (tertiary/aromatic N) is 1. The third-order valence-electron chi connectivity index (χ3n) is 4.49. The third-order valence-corrected chi connectivity index (χ3v) is 6.36. The summed E-state index contributed by atoms with van der Waals surface area (Å²) >= 11 is 3.52. The van der Waals surface area contributed by atoms with Gasteiger partial charge in [-0.1, -0.05) is 6.92 Å². The Labute approximate surface area is 160 Å². The van der Waals surface area contributed by atoms with E-state index in [0.29, 0.717) is 29.6 Å². The lowest BCUT2D eigenvalue weighted by Crippen LogP contribution is -2.40. The van der Waals surface area contributed by atoms with Crippen molar-refractivity contribution in [2.24, 2.45) is 11.8 Å². The van der Waals surface area contributed by atoms with Crippen molar-refractivity contribution >= 4 is 51.5 Å². The van der Waals surface area contributed by atoms with E-state index in [1.165, 1.54) is 18.4 Å². The van der Waals surface area contributed by atoms with Crippen molar-refractivity contribution in [3.05, 3.63) is 13.8 Å². The van der Waals surface area contributed by atoms with Crippen molar-refractivity contribution in [3.8, 4) is 0 Å². The van der Waals surface area contributed by atoms with Crippen LogP contribution in [0, 0.1) is 14.7 Å². The Morgan fingerprint density at radius 3 is 2.54 bits per heavy atom. The van der Waals surface area contributed by atoms with Crippen LogP contribution in [-0.2, 0) is 14.3 Å². The predicted octanol–water partition coefficient (Wildman–Crippen LogP) is 3.95. The molecule has 7 heteroatoms. The number of methoxy groups -OCH3 is 2. The maximum absolute atomic E-state index is 13.1. The molecule has 24 heavy (non-hydrogen) atoms. The van der Waals surface area contributed by atoms with E-state index >= 15 is 0 Å². The smallest absolute Gasteiger partial charge is 0.350 e. The molecule has 0 saturated heterocycles. The van der Waals surface area contributed by atoms with Crippen LogP contribution in [0.15, 0.2) is 6.07 Å². The number of thiophene rings is 1. The van der Waals surface area contributed by atoms with Crippen LogP contribution in [0.1, 0.15) is 42.3 Å². The fourth-order valence-corrected chi connectivity index (χ4v) is 4.81. The molecule has 0 bridgehead atoms. The second kappa shape index (κ2) is 9.15. The zero-order chi connectivity index (χ0) is 17.7. The molecular formula is C17H24INO4S. The summed E-state index contributed by atoms with van der Waals surface area (Å²) in [6.07, 6.45) is 4.00. The lowest BCUT2D eigenvalue weighted by Gasteiger charge is -2.31. The number of hydrogen-bond acceptors (Lipinski definition) is 5. The fourth-order valence-electron chi connectivity index (χ4n) is 3.05. The lowest BCUT2D eigenvalue weighted by atomic mass is 9.82.